The molecule has 2 heterocycles. The number of halogens is 2. The summed E-state index contributed by atoms with van der Waals surface area (Å²) in [5.41, 5.74) is 2.33. The van der Waals surface area contributed by atoms with Crippen LogP contribution in [0.3, 0.4) is 0 Å². The third-order valence-electron chi connectivity index (χ3n) is 3.53. The van der Waals surface area contributed by atoms with E-state index in [9.17, 15) is 9.18 Å². The molecule has 0 spiro atoms. The standard InChI is InChI=1S/C18H15ClFN3OS/c1-11-23-15(10-25-11)5-6-21-18(24)13-8-16(19)17(22-9-13)12-3-2-4-14(20)7-12/h2-4,7-10H,5-6H2,1H3,(H,21,24). The van der Waals surface area contributed by atoms with Crippen LogP contribution in [0.4, 0.5) is 4.39 Å². The van der Waals surface area contributed by atoms with Crippen molar-refractivity contribution in [3.63, 3.8) is 0 Å². The van der Waals surface area contributed by atoms with Crippen molar-refractivity contribution >= 4 is 28.8 Å². The smallest absolute Gasteiger partial charge is 0.252 e. The summed E-state index contributed by atoms with van der Waals surface area (Å²) in [5, 5.41) is 6.10. The van der Waals surface area contributed by atoms with Gasteiger partial charge in [0.15, 0.2) is 0 Å². The van der Waals surface area contributed by atoms with E-state index in [2.05, 4.69) is 15.3 Å². The van der Waals surface area contributed by atoms with Gasteiger partial charge in [0.1, 0.15) is 5.82 Å². The van der Waals surface area contributed by atoms with Crippen molar-refractivity contribution in [3.05, 3.63) is 69.0 Å². The molecule has 0 radical (unpaired) electrons. The van der Waals surface area contributed by atoms with Crippen LogP contribution in [0.25, 0.3) is 11.3 Å². The van der Waals surface area contributed by atoms with Crippen LogP contribution < -0.4 is 5.32 Å². The molecule has 128 valence electrons. The molecule has 0 unspecified atom stereocenters. The van der Waals surface area contributed by atoms with Gasteiger partial charge < -0.3 is 5.32 Å². The highest BCUT2D eigenvalue weighted by Gasteiger charge is 2.12. The van der Waals surface area contributed by atoms with Crippen LogP contribution in [0, 0.1) is 12.7 Å². The summed E-state index contributed by atoms with van der Waals surface area (Å²) in [6.45, 7) is 2.42. The van der Waals surface area contributed by atoms with Crippen LogP contribution in [0.2, 0.25) is 5.02 Å². The van der Waals surface area contributed by atoms with Gasteiger partial charge in [-0.3, -0.25) is 9.78 Å². The van der Waals surface area contributed by atoms with Gasteiger partial charge in [-0.05, 0) is 25.1 Å². The monoisotopic (exact) mass is 375 g/mol. The molecule has 7 heteroatoms. The minimum Gasteiger partial charge on any atom is -0.352 e. The van der Waals surface area contributed by atoms with Gasteiger partial charge in [0.2, 0.25) is 0 Å². The number of aryl methyl sites for hydroxylation is 1. The second-order valence-corrected chi connectivity index (χ2v) is 6.90. The molecule has 0 aliphatic carbocycles. The van der Waals surface area contributed by atoms with Gasteiger partial charge in [-0.25, -0.2) is 9.37 Å². The molecular weight excluding hydrogens is 361 g/mol. The third-order valence-corrected chi connectivity index (χ3v) is 4.65. The number of nitrogens with one attached hydrogen (secondary N) is 1. The van der Waals surface area contributed by atoms with Gasteiger partial charge in [0, 0.05) is 30.1 Å². The predicted octanol–water partition coefficient (Wildman–Crippen LogP) is 4.28. The number of benzene rings is 1. The Morgan fingerprint density at radius 1 is 1.36 bits per heavy atom. The number of rotatable bonds is 5. The first-order chi connectivity index (χ1) is 12.0. The minimum atomic E-state index is -0.366. The van der Waals surface area contributed by atoms with Crippen molar-refractivity contribution in [1.29, 1.82) is 0 Å². The fraction of sp³-hybridized carbons (Fsp3) is 0.167. The number of hydrogen-bond donors (Lipinski definition) is 1. The van der Waals surface area contributed by atoms with E-state index in [1.165, 1.54) is 24.4 Å². The molecule has 25 heavy (non-hydrogen) atoms. The summed E-state index contributed by atoms with van der Waals surface area (Å²) < 4.78 is 13.3. The molecule has 0 aliphatic rings. The summed E-state index contributed by atoms with van der Waals surface area (Å²) in [7, 11) is 0. The number of nitrogens with zero attached hydrogens (tertiary/aromatic N) is 2. The largest absolute Gasteiger partial charge is 0.352 e. The fourth-order valence-corrected chi connectivity index (χ4v) is 3.26. The van der Waals surface area contributed by atoms with Crippen molar-refractivity contribution in [2.45, 2.75) is 13.3 Å². The molecular formula is C18H15ClFN3OS. The lowest BCUT2D eigenvalue weighted by Crippen LogP contribution is -2.26. The quantitative estimate of drug-likeness (QED) is 0.724. The van der Waals surface area contributed by atoms with E-state index in [1.807, 2.05) is 12.3 Å². The van der Waals surface area contributed by atoms with E-state index in [-0.39, 0.29) is 11.7 Å². The summed E-state index contributed by atoms with van der Waals surface area (Å²) in [5.74, 6) is -0.624. The lowest BCUT2D eigenvalue weighted by Gasteiger charge is -2.07. The molecule has 1 N–H and O–H groups in total. The first-order valence-corrected chi connectivity index (χ1v) is 8.89. The van der Waals surface area contributed by atoms with Crippen molar-refractivity contribution in [3.8, 4) is 11.3 Å². The molecule has 1 amide bonds. The summed E-state index contributed by atoms with van der Waals surface area (Å²) >= 11 is 7.80. The van der Waals surface area contributed by atoms with Gasteiger partial charge in [0.05, 0.1) is 27.0 Å². The SMILES string of the molecule is Cc1nc(CCNC(=O)c2cnc(-c3cccc(F)c3)c(Cl)c2)cs1. The van der Waals surface area contributed by atoms with Crippen molar-refractivity contribution in [2.24, 2.45) is 0 Å². The summed E-state index contributed by atoms with van der Waals surface area (Å²) in [6, 6.07) is 7.54. The first kappa shape index (κ1) is 17.5. The van der Waals surface area contributed by atoms with E-state index in [1.54, 1.807) is 23.5 Å². The second kappa shape index (κ2) is 7.72. The lowest BCUT2D eigenvalue weighted by molar-refractivity contribution is 0.0953. The highest BCUT2D eigenvalue weighted by atomic mass is 35.5. The maximum atomic E-state index is 13.3. The van der Waals surface area contributed by atoms with Gasteiger partial charge >= 0.3 is 0 Å². The number of pyridine rings is 1. The third kappa shape index (κ3) is 4.41. The molecule has 0 atom stereocenters. The van der Waals surface area contributed by atoms with Crippen LogP contribution in [-0.2, 0) is 6.42 Å². The highest BCUT2D eigenvalue weighted by molar-refractivity contribution is 7.09. The fourth-order valence-electron chi connectivity index (χ4n) is 2.34. The topological polar surface area (TPSA) is 54.9 Å². The molecule has 3 aromatic rings. The Morgan fingerprint density at radius 3 is 2.88 bits per heavy atom. The van der Waals surface area contributed by atoms with E-state index in [4.69, 9.17) is 11.6 Å². The molecule has 0 fully saturated rings. The molecule has 1 aromatic carbocycles. The van der Waals surface area contributed by atoms with E-state index < -0.39 is 0 Å². The number of amides is 1. The molecule has 0 saturated carbocycles. The Kier molecular flexibility index (Phi) is 5.40. The van der Waals surface area contributed by atoms with Gasteiger partial charge in [-0.2, -0.15) is 0 Å². The highest BCUT2D eigenvalue weighted by Crippen LogP contribution is 2.26. The maximum absolute atomic E-state index is 13.3. The lowest BCUT2D eigenvalue weighted by atomic mass is 10.1. The zero-order chi connectivity index (χ0) is 17.8. The normalized spacial score (nSPS) is 10.7. The Labute approximate surface area is 153 Å². The van der Waals surface area contributed by atoms with Gasteiger partial charge in [0.25, 0.3) is 5.91 Å². The second-order valence-electron chi connectivity index (χ2n) is 5.43. The van der Waals surface area contributed by atoms with E-state index in [0.29, 0.717) is 34.8 Å². The van der Waals surface area contributed by atoms with Crippen LogP contribution in [0.5, 0.6) is 0 Å². The average Bonchev–Trinajstić information content (AvgIpc) is 3.00. The van der Waals surface area contributed by atoms with Crippen molar-refractivity contribution in [2.75, 3.05) is 6.54 Å². The predicted molar refractivity (Wildman–Crippen MR) is 97.5 cm³/mol. The zero-order valence-electron chi connectivity index (χ0n) is 13.4. The molecule has 0 saturated heterocycles. The molecule has 2 aromatic heterocycles. The summed E-state index contributed by atoms with van der Waals surface area (Å²) in [4.78, 5) is 20.8. The summed E-state index contributed by atoms with van der Waals surface area (Å²) in [6.07, 6.45) is 2.10. The van der Waals surface area contributed by atoms with Gasteiger partial charge in [-0.1, -0.05) is 23.7 Å². The molecule has 0 bridgehead atoms. The number of carbonyl (C=O) groups excluding carboxylic acids is 1. The zero-order valence-corrected chi connectivity index (χ0v) is 15.0. The molecule has 4 nitrogen and oxygen atoms in total. The van der Waals surface area contributed by atoms with E-state index >= 15 is 0 Å². The minimum absolute atomic E-state index is 0.257. The molecule has 0 aliphatic heterocycles. The van der Waals surface area contributed by atoms with Crippen LogP contribution in [-0.4, -0.2) is 22.4 Å². The van der Waals surface area contributed by atoms with Crippen molar-refractivity contribution in [1.82, 2.24) is 15.3 Å². The number of thiazole rings is 1. The van der Waals surface area contributed by atoms with Crippen molar-refractivity contribution < 1.29 is 9.18 Å². The Bertz CT molecular complexity index is 913. The Balaban J connectivity index is 1.66. The first-order valence-electron chi connectivity index (χ1n) is 7.63. The number of hydrogen-bond acceptors (Lipinski definition) is 4. The van der Waals surface area contributed by atoms with Crippen LogP contribution in [0.15, 0.2) is 41.9 Å². The number of carbonyl (C=O) groups is 1. The molecule has 3 rings (SSSR count). The maximum Gasteiger partial charge on any atom is 0.252 e. The van der Waals surface area contributed by atoms with E-state index in [0.717, 1.165) is 10.7 Å². The Hall–Kier alpha value is -2.31. The number of aromatic nitrogens is 2. The van der Waals surface area contributed by atoms with Crippen LogP contribution in [0.1, 0.15) is 21.1 Å². The Morgan fingerprint density at radius 2 is 2.20 bits per heavy atom. The average molecular weight is 376 g/mol. The van der Waals surface area contributed by atoms with Crippen LogP contribution >= 0.6 is 22.9 Å². The van der Waals surface area contributed by atoms with Gasteiger partial charge in [-0.15, -0.1) is 11.3 Å².